The molecule has 0 atom stereocenters. The second-order valence-electron chi connectivity index (χ2n) is 7.04. The highest BCUT2D eigenvalue weighted by Gasteiger charge is 2.15. The molecule has 4 heteroatoms. The molecule has 0 spiro atoms. The van der Waals surface area contributed by atoms with Crippen molar-refractivity contribution in [1.82, 2.24) is 14.8 Å². The van der Waals surface area contributed by atoms with Gasteiger partial charge < -0.3 is 4.57 Å². The van der Waals surface area contributed by atoms with E-state index in [0.717, 1.165) is 24.4 Å². The Morgan fingerprint density at radius 2 is 1.58 bits per heavy atom. The van der Waals surface area contributed by atoms with Gasteiger partial charge in [-0.25, -0.2) is 0 Å². The Bertz CT molecular complexity index is 799. The van der Waals surface area contributed by atoms with E-state index in [0.29, 0.717) is 5.16 Å². The van der Waals surface area contributed by atoms with Crippen LogP contribution < -0.4 is 0 Å². The van der Waals surface area contributed by atoms with Crippen molar-refractivity contribution in [3.8, 4) is 11.4 Å². The van der Waals surface area contributed by atoms with Gasteiger partial charge in [0.2, 0.25) is 0 Å². The van der Waals surface area contributed by atoms with E-state index < -0.39 is 0 Å². The molecule has 0 fully saturated rings. The zero-order valence-corrected chi connectivity index (χ0v) is 15.3. The van der Waals surface area contributed by atoms with Gasteiger partial charge in [-0.05, 0) is 23.0 Å². The minimum atomic E-state index is 0.147. The lowest BCUT2D eigenvalue weighted by Crippen LogP contribution is -2.10. The van der Waals surface area contributed by atoms with E-state index in [-0.39, 0.29) is 5.41 Å². The minimum absolute atomic E-state index is 0.147. The minimum Gasteiger partial charge on any atom is -0.302 e. The Kier molecular flexibility index (Phi) is 4.76. The molecule has 0 N–H and O–H groups in total. The van der Waals surface area contributed by atoms with Crippen LogP contribution in [0.4, 0.5) is 0 Å². The van der Waals surface area contributed by atoms with Gasteiger partial charge in [0.05, 0.1) is 0 Å². The molecule has 2 aromatic carbocycles. The maximum absolute atomic E-state index is 4.47. The highest BCUT2D eigenvalue weighted by atomic mass is 32.1. The third-order valence-electron chi connectivity index (χ3n) is 4.21. The van der Waals surface area contributed by atoms with Gasteiger partial charge in [0.1, 0.15) is 0 Å². The number of rotatable bonds is 4. The number of aryl methyl sites for hydroxylation is 1. The molecule has 0 aliphatic carbocycles. The highest BCUT2D eigenvalue weighted by molar-refractivity contribution is 7.80. The normalized spacial score (nSPS) is 11.7. The number of hydrogen-bond acceptors (Lipinski definition) is 3. The van der Waals surface area contributed by atoms with E-state index in [9.17, 15) is 0 Å². The fraction of sp³-hybridized carbons (Fsp3) is 0.300. The summed E-state index contributed by atoms with van der Waals surface area (Å²) in [5, 5.41) is 9.13. The molecule has 3 rings (SSSR count). The van der Waals surface area contributed by atoms with Gasteiger partial charge >= 0.3 is 0 Å². The van der Waals surface area contributed by atoms with E-state index >= 15 is 0 Å². The standard InChI is InChI=1S/C20H23N3S/c1-20(2,3)17-11-9-16(10-12-17)18-21-22-19(24)23(18)14-13-15-7-5-4-6-8-15/h4-12H,13-14H2,1-3H3,(H,22,24). The molecule has 0 radical (unpaired) electrons. The van der Waals surface area contributed by atoms with Crippen LogP contribution in [-0.4, -0.2) is 14.8 Å². The second kappa shape index (κ2) is 6.81. The van der Waals surface area contributed by atoms with Gasteiger partial charge in [-0.15, -0.1) is 22.8 Å². The summed E-state index contributed by atoms with van der Waals surface area (Å²) in [6.45, 7) is 7.47. The lowest BCUT2D eigenvalue weighted by Gasteiger charge is -2.19. The molecule has 3 nitrogen and oxygen atoms in total. The first-order valence-corrected chi connectivity index (χ1v) is 8.67. The van der Waals surface area contributed by atoms with Crippen molar-refractivity contribution >= 4 is 12.6 Å². The maximum atomic E-state index is 4.47. The summed E-state index contributed by atoms with van der Waals surface area (Å²) in [6.07, 6.45) is 0.930. The molecule has 124 valence electrons. The van der Waals surface area contributed by atoms with E-state index in [1.807, 2.05) is 6.07 Å². The fourth-order valence-corrected chi connectivity index (χ4v) is 2.96. The summed E-state index contributed by atoms with van der Waals surface area (Å²) >= 11 is 4.47. The van der Waals surface area contributed by atoms with Crippen molar-refractivity contribution in [1.29, 1.82) is 0 Å². The van der Waals surface area contributed by atoms with E-state index in [2.05, 4.69) is 96.7 Å². The predicted octanol–water partition coefficient (Wildman–Crippen LogP) is 4.77. The largest absolute Gasteiger partial charge is 0.302 e. The smallest absolute Gasteiger partial charge is 0.188 e. The number of aromatic nitrogens is 3. The first-order chi connectivity index (χ1) is 11.4. The van der Waals surface area contributed by atoms with Gasteiger partial charge in [0.15, 0.2) is 11.0 Å². The third-order valence-corrected chi connectivity index (χ3v) is 4.54. The molecule has 0 unspecified atom stereocenters. The predicted molar refractivity (Wildman–Crippen MR) is 102 cm³/mol. The average Bonchev–Trinajstić information content (AvgIpc) is 2.94. The van der Waals surface area contributed by atoms with Crippen LogP contribution in [-0.2, 0) is 18.4 Å². The first kappa shape index (κ1) is 16.8. The quantitative estimate of drug-likeness (QED) is 0.695. The van der Waals surface area contributed by atoms with Crippen LogP contribution in [0.3, 0.4) is 0 Å². The zero-order valence-electron chi connectivity index (χ0n) is 14.4. The van der Waals surface area contributed by atoms with Crippen molar-refractivity contribution in [2.75, 3.05) is 0 Å². The lowest BCUT2D eigenvalue weighted by atomic mass is 9.87. The van der Waals surface area contributed by atoms with Crippen LogP contribution in [0.1, 0.15) is 31.9 Å². The summed E-state index contributed by atoms with van der Waals surface area (Å²) in [7, 11) is 0. The van der Waals surface area contributed by atoms with Crippen LogP contribution >= 0.6 is 12.6 Å². The van der Waals surface area contributed by atoms with Crippen LogP contribution in [0.15, 0.2) is 59.8 Å². The Morgan fingerprint density at radius 3 is 2.21 bits per heavy atom. The van der Waals surface area contributed by atoms with E-state index in [1.54, 1.807) is 0 Å². The summed E-state index contributed by atoms with van der Waals surface area (Å²) in [4.78, 5) is 0. The van der Waals surface area contributed by atoms with Crippen LogP contribution in [0.5, 0.6) is 0 Å². The Morgan fingerprint density at radius 1 is 0.917 bits per heavy atom. The molecule has 0 saturated heterocycles. The molecule has 24 heavy (non-hydrogen) atoms. The van der Waals surface area contributed by atoms with Crippen LogP contribution in [0.2, 0.25) is 0 Å². The van der Waals surface area contributed by atoms with Gasteiger partial charge in [-0.1, -0.05) is 75.4 Å². The van der Waals surface area contributed by atoms with Crippen molar-refractivity contribution in [3.63, 3.8) is 0 Å². The number of hydrogen-bond donors (Lipinski definition) is 1. The monoisotopic (exact) mass is 337 g/mol. The summed E-state index contributed by atoms with van der Waals surface area (Å²) in [6, 6.07) is 19.0. The van der Waals surface area contributed by atoms with Crippen molar-refractivity contribution in [3.05, 3.63) is 65.7 Å². The molecule has 0 aliphatic rings. The van der Waals surface area contributed by atoms with Crippen molar-refractivity contribution in [2.24, 2.45) is 0 Å². The second-order valence-corrected chi connectivity index (χ2v) is 7.44. The van der Waals surface area contributed by atoms with E-state index in [4.69, 9.17) is 0 Å². The summed E-state index contributed by atoms with van der Waals surface area (Å²) < 4.78 is 2.07. The topological polar surface area (TPSA) is 30.7 Å². The molecule has 0 saturated carbocycles. The summed E-state index contributed by atoms with van der Waals surface area (Å²) in [5.41, 5.74) is 3.83. The average molecular weight is 337 g/mol. The highest BCUT2D eigenvalue weighted by Crippen LogP contribution is 2.26. The zero-order chi connectivity index (χ0) is 17.2. The fourth-order valence-electron chi connectivity index (χ4n) is 2.72. The van der Waals surface area contributed by atoms with Gasteiger partial charge in [0.25, 0.3) is 0 Å². The molecule has 1 aromatic heterocycles. The number of nitrogens with zero attached hydrogens (tertiary/aromatic N) is 3. The molecular formula is C20H23N3S. The molecule has 0 aliphatic heterocycles. The van der Waals surface area contributed by atoms with Gasteiger partial charge in [-0.2, -0.15) is 0 Å². The van der Waals surface area contributed by atoms with Crippen molar-refractivity contribution in [2.45, 2.75) is 44.3 Å². The van der Waals surface area contributed by atoms with Crippen molar-refractivity contribution < 1.29 is 0 Å². The Balaban J connectivity index is 1.84. The molecule has 1 heterocycles. The third kappa shape index (κ3) is 3.70. The number of benzene rings is 2. The maximum Gasteiger partial charge on any atom is 0.188 e. The Hall–Kier alpha value is -2.07. The molecule has 0 bridgehead atoms. The SMILES string of the molecule is CC(C)(C)c1ccc(-c2nnc(S)n2CCc2ccccc2)cc1. The van der Waals surface area contributed by atoms with Gasteiger partial charge in [0, 0.05) is 12.1 Å². The molecule has 3 aromatic rings. The van der Waals surface area contributed by atoms with Crippen LogP contribution in [0.25, 0.3) is 11.4 Å². The Labute approximate surface area is 149 Å². The number of thiol groups is 1. The molecule has 0 amide bonds. The summed E-state index contributed by atoms with van der Waals surface area (Å²) in [5.74, 6) is 0.872. The van der Waals surface area contributed by atoms with Crippen LogP contribution in [0, 0.1) is 0 Å². The molecular weight excluding hydrogens is 314 g/mol. The first-order valence-electron chi connectivity index (χ1n) is 8.22. The van der Waals surface area contributed by atoms with Gasteiger partial charge in [-0.3, -0.25) is 0 Å². The lowest BCUT2D eigenvalue weighted by molar-refractivity contribution is 0.590. The van der Waals surface area contributed by atoms with E-state index in [1.165, 1.54) is 11.1 Å².